The lowest BCUT2D eigenvalue weighted by atomic mass is 9.92. The Bertz CT molecular complexity index is 143. The van der Waals surface area contributed by atoms with Gasteiger partial charge >= 0.3 is 14.6 Å². The molecule has 0 saturated carbocycles. The first-order valence-corrected chi connectivity index (χ1v) is 4.00. The van der Waals surface area contributed by atoms with Crippen molar-refractivity contribution in [3.8, 4) is 0 Å². The van der Waals surface area contributed by atoms with Crippen molar-refractivity contribution in [1.29, 1.82) is 0 Å². The van der Waals surface area contributed by atoms with E-state index in [4.69, 9.17) is 30.1 Å². The highest BCUT2D eigenvalue weighted by molar-refractivity contribution is 6.30. The van der Waals surface area contributed by atoms with E-state index >= 15 is 0 Å². The van der Waals surface area contributed by atoms with Crippen LogP contribution in [0.1, 0.15) is 27.7 Å². The molecule has 0 radical (unpaired) electrons. The van der Waals surface area contributed by atoms with E-state index in [2.05, 4.69) is 0 Å². The number of ketones is 1. The lowest BCUT2D eigenvalue weighted by molar-refractivity contribution is -0.124. The molecule has 0 atom stereocenters. The van der Waals surface area contributed by atoms with Gasteiger partial charge in [0.2, 0.25) is 0 Å². The predicted octanol–water partition coefficient (Wildman–Crippen LogP) is -2.48. The summed E-state index contributed by atoms with van der Waals surface area (Å²) in [4.78, 5) is 10.5. The Balaban J connectivity index is -0.000000155. The Morgan fingerprint density at radius 1 is 0.867 bits per heavy atom. The topological polar surface area (TPSA) is 138 Å². The number of carbonyl (C=O) groups is 1. The summed E-state index contributed by atoms with van der Waals surface area (Å²) in [5, 5.41) is 43.0. The van der Waals surface area contributed by atoms with E-state index in [0.717, 1.165) is 0 Å². The van der Waals surface area contributed by atoms with Gasteiger partial charge in [0.1, 0.15) is 5.78 Å². The minimum absolute atomic E-state index is 0.139. The normalized spacial score (nSPS) is 8.93. The van der Waals surface area contributed by atoms with Crippen molar-refractivity contribution in [3.05, 3.63) is 0 Å². The fourth-order valence-electron chi connectivity index (χ4n) is 0. The minimum Gasteiger partial charge on any atom is -0.402 e. The molecule has 0 aliphatic heterocycles. The van der Waals surface area contributed by atoms with E-state index in [1.807, 2.05) is 20.8 Å². The van der Waals surface area contributed by atoms with Crippen LogP contribution in [0.25, 0.3) is 0 Å². The standard InChI is InChI=1S/C6H12O.2BH3O3/c1-5(7)6(2,3)4;2*2-1(3)4/h1-4H3;2*2-4H. The van der Waals surface area contributed by atoms with E-state index in [0.29, 0.717) is 0 Å². The fraction of sp³-hybridized carbons (Fsp3) is 0.833. The highest BCUT2D eigenvalue weighted by atomic mass is 16.5. The van der Waals surface area contributed by atoms with Crippen LogP contribution in [0.15, 0.2) is 0 Å². The molecule has 6 N–H and O–H groups in total. The monoisotopic (exact) mass is 224 g/mol. The maximum Gasteiger partial charge on any atom is 0.631 e. The van der Waals surface area contributed by atoms with Crippen LogP contribution in [-0.4, -0.2) is 50.6 Å². The van der Waals surface area contributed by atoms with Crippen molar-refractivity contribution >= 4 is 20.4 Å². The second-order valence-corrected chi connectivity index (χ2v) is 3.50. The molecule has 0 spiro atoms. The number of carbonyl (C=O) groups excluding carboxylic acids is 1. The number of hydrogen-bond acceptors (Lipinski definition) is 7. The minimum atomic E-state index is -2.17. The molecule has 0 heterocycles. The van der Waals surface area contributed by atoms with Crippen molar-refractivity contribution < 1.29 is 34.9 Å². The Labute approximate surface area is 89.4 Å². The lowest BCUT2D eigenvalue weighted by Gasteiger charge is -2.11. The summed E-state index contributed by atoms with van der Waals surface area (Å²) in [6.45, 7) is 7.35. The summed E-state index contributed by atoms with van der Waals surface area (Å²) in [5.74, 6) is 0.243. The van der Waals surface area contributed by atoms with Crippen LogP contribution in [0.4, 0.5) is 0 Å². The molecule has 9 heteroatoms. The molecule has 15 heavy (non-hydrogen) atoms. The molecule has 0 aliphatic carbocycles. The summed E-state index contributed by atoms with van der Waals surface area (Å²) < 4.78 is 0. The SMILES string of the molecule is CC(=O)C(C)(C)C.OB(O)O.OB(O)O. The van der Waals surface area contributed by atoms with Gasteiger partial charge in [-0.25, -0.2) is 0 Å². The van der Waals surface area contributed by atoms with Crippen LogP contribution in [0.2, 0.25) is 0 Å². The van der Waals surface area contributed by atoms with E-state index in [-0.39, 0.29) is 11.2 Å². The van der Waals surface area contributed by atoms with Crippen LogP contribution in [0.5, 0.6) is 0 Å². The molecule has 0 aromatic carbocycles. The first-order chi connectivity index (χ1) is 6.41. The van der Waals surface area contributed by atoms with Gasteiger partial charge in [-0.1, -0.05) is 20.8 Å². The zero-order valence-electron chi connectivity index (χ0n) is 9.25. The van der Waals surface area contributed by atoms with E-state index in [1.54, 1.807) is 6.92 Å². The van der Waals surface area contributed by atoms with Crippen molar-refractivity contribution in [2.75, 3.05) is 0 Å². The second-order valence-electron chi connectivity index (χ2n) is 3.50. The van der Waals surface area contributed by atoms with Crippen LogP contribution in [0, 0.1) is 5.41 Å². The number of hydrogen-bond donors (Lipinski definition) is 6. The number of Topliss-reactive ketones (excluding diaryl/α,β-unsaturated/α-hetero) is 1. The zero-order valence-corrected chi connectivity index (χ0v) is 9.25. The van der Waals surface area contributed by atoms with Gasteiger partial charge in [0.25, 0.3) is 0 Å². The first kappa shape index (κ1) is 20.0. The van der Waals surface area contributed by atoms with Gasteiger partial charge in [-0.05, 0) is 6.92 Å². The lowest BCUT2D eigenvalue weighted by Crippen LogP contribution is -2.15. The van der Waals surface area contributed by atoms with Gasteiger partial charge in [0.05, 0.1) is 0 Å². The largest absolute Gasteiger partial charge is 0.631 e. The average molecular weight is 224 g/mol. The van der Waals surface area contributed by atoms with Crippen LogP contribution in [0.3, 0.4) is 0 Å². The van der Waals surface area contributed by atoms with Gasteiger partial charge in [-0.3, -0.25) is 4.79 Å². The van der Waals surface area contributed by atoms with E-state index < -0.39 is 14.6 Å². The van der Waals surface area contributed by atoms with Gasteiger partial charge < -0.3 is 30.1 Å². The third-order valence-corrected chi connectivity index (χ3v) is 1.06. The van der Waals surface area contributed by atoms with Gasteiger partial charge in [-0.15, -0.1) is 0 Å². The van der Waals surface area contributed by atoms with Gasteiger partial charge in [-0.2, -0.15) is 0 Å². The fourth-order valence-corrected chi connectivity index (χ4v) is 0. The van der Waals surface area contributed by atoms with Crippen molar-refractivity contribution in [3.63, 3.8) is 0 Å². The van der Waals surface area contributed by atoms with Crippen LogP contribution in [-0.2, 0) is 4.79 Å². The van der Waals surface area contributed by atoms with Gasteiger partial charge in [0.15, 0.2) is 0 Å². The summed E-state index contributed by atoms with van der Waals surface area (Å²) >= 11 is 0. The molecule has 90 valence electrons. The average Bonchev–Trinajstić information content (AvgIpc) is 1.80. The second kappa shape index (κ2) is 10.1. The molecule has 7 nitrogen and oxygen atoms in total. The molecule has 0 rings (SSSR count). The van der Waals surface area contributed by atoms with E-state index in [1.165, 1.54) is 0 Å². The molecule has 0 amide bonds. The Kier molecular flexibility index (Phi) is 13.5. The predicted molar refractivity (Wildman–Crippen MR) is 55.0 cm³/mol. The smallest absolute Gasteiger partial charge is 0.402 e. The van der Waals surface area contributed by atoms with E-state index in [9.17, 15) is 4.79 Å². The van der Waals surface area contributed by atoms with Crippen molar-refractivity contribution in [1.82, 2.24) is 0 Å². The molecule has 0 bridgehead atoms. The summed E-state index contributed by atoms with van der Waals surface area (Å²) in [7, 11) is -4.33. The Morgan fingerprint density at radius 3 is 0.933 bits per heavy atom. The first-order valence-electron chi connectivity index (χ1n) is 4.00. The van der Waals surface area contributed by atoms with Crippen LogP contribution >= 0.6 is 0 Å². The zero-order chi connectivity index (χ0) is 13.2. The third-order valence-electron chi connectivity index (χ3n) is 1.06. The molecular weight excluding hydrogens is 206 g/mol. The molecule has 0 aromatic heterocycles. The number of rotatable bonds is 0. The third kappa shape index (κ3) is 58.6. The summed E-state index contributed by atoms with van der Waals surface area (Å²) in [6, 6.07) is 0. The Hall–Kier alpha value is -0.440. The molecule has 0 fully saturated rings. The van der Waals surface area contributed by atoms with Crippen molar-refractivity contribution in [2.45, 2.75) is 27.7 Å². The van der Waals surface area contributed by atoms with Crippen molar-refractivity contribution in [2.24, 2.45) is 5.41 Å². The molecule has 0 unspecified atom stereocenters. The summed E-state index contributed by atoms with van der Waals surface area (Å²) in [6.07, 6.45) is 0. The summed E-state index contributed by atoms with van der Waals surface area (Å²) in [5.41, 5.74) is -0.139. The maximum absolute atomic E-state index is 10.5. The molecule has 0 aliphatic rings. The quantitative estimate of drug-likeness (QED) is 0.250. The molecular formula is C6H18B2O7. The molecule has 0 aromatic rings. The maximum atomic E-state index is 10.5. The Morgan fingerprint density at radius 2 is 0.933 bits per heavy atom. The molecule has 0 saturated heterocycles. The highest BCUT2D eigenvalue weighted by Crippen LogP contribution is 2.12. The highest BCUT2D eigenvalue weighted by Gasteiger charge is 2.14. The van der Waals surface area contributed by atoms with Crippen LogP contribution < -0.4 is 0 Å². The van der Waals surface area contributed by atoms with Gasteiger partial charge in [0, 0.05) is 5.41 Å².